The molecule has 2 nitrogen and oxygen atoms in total. The Bertz CT molecular complexity index is 600. The summed E-state index contributed by atoms with van der Waals surface area (Å²) in [7, 11) is 3.43. The normalized spacial score (nSPS) is 10.6. The zero-order chi connectivity index (χ0) is 15.6. The Hall–Kier alpha value is -1.96. The van der Waals surface area contributed by atoms with E-state index in [1.165, 1.54) is 33.4 Å². The van der Waals surface area contributed by atoms with E-state index in [0.717, 1.165) is 17.9 Å². The van der Waals surface area contributed by atoms with Crippen molar-refractivity contribution in [2.75, 3.05) is 14.2 Å². The average molecular weight is 284 g/mol. The molecule has 0 fully saturated rings. The van der Waals surface area contributed by atoms with Gasteiger partial charge in [-0.15, -0.1) is 0 Å². The molecule has 2 aromatic rings. The van der Waals surface area contributed by atoms with Crippen molar-refractivity contribution >= 4 is 0 Å². The van der Waals surface area contributed by atoms with Crippen molar-refractivity contribution in [1.82, 2.24) is 0 Å². The molecule has 0 spiro atoms. The molecule has 0 saturated heterocycles. The van der Waals surface area contributed by atoms with Crippen LogP contribution in [0.25, 0.3) is 0 Å². The number of hydrogen-bond donors (Lipinski definition) is 0. The summed E-state index contributed by atoms with van der Waals surface area (Å²) >= 11 is 0. The largest absolute Gasteiger partial charge is 0.497 e. The first kappa shape index (κ1) is 15.4. The van der Waals surface area contributed by atoms with Crippen LogP contribution in [-0.2, 0) is 6.42 Å². The summed E-state index contributed by atoms with van der Waals surface area (Å²) in [6.45, 7) is 8.61. The van der Waals surface area contributed by atoms with Gasteiger partial charge in [0.2, 0.25) is 0 Å². The summed E-state index contributed by atoms with van der Waals surface area (Å²) in [6.07, 6.45) is 0.897. The van der Waals surface area contributed by atoms with Crippen LogP contribution in [0.5, 0.6) is 11.5 Å². The lowest BCUT2D eigenvalue weighted by Crippen LogP contribution is -2.00. The van der Waals surface area contributed by atoms with Gasteiger partial charge in [-0.1, -0.05) is 0 Å². The Morgan fingerprint density at radius 3 is 1.38 bits per heavy atom. The maximum absolute atomic E-state index is 5.40. The molecule has 21 heavy (non-hydrogen) atoms. The third-order valence-electron chi connectivity index (χ3n) is 4.35. The molecule has 0 aromatic heterocycles. The zero-order valence-corrected chi connectivity index (χ0v) is 13.8. The fourth-order valence-corrected chi connectivity index (χ4v) is 2.60. The van der Waals surface area contributed by atoms with Crippen LogP contribution in [0.3, 0.4) is 0 Å². The van der Waals surface area contributed by atoms with Crippen molar-refractivity contribution in [2.24, 2.45) is 0 Å². The number of hydrogen-bond acceptors (Lipinski definition) is 2. The maximum Gasteiger partial charge on any atom is 0.119 e. The predicted molar refractivity (Wildman–Crippen MR) is 87.7 cm³/mol. The number of ether oxygens (including phenoxy) is 2. The quantitative estimate of drug-likeness (QED) is 0.821. The molecule has 0 radical (unpaired) electrons. The topological polar surface area (TPSA) is 18.5 Å². The molecule has 0 aliphatic carbocycles. The predicted octanol–water partition coefficient (Wildman–Crippen LogP) is 4.53. The lowest BCUT2D eigenvalue weighted by molar-refractivity contribution is 0.413. The van der Waals surface area contributed by atoms with E-state index in [4.69, 9.17) is 9.47 Å². The van der Waals surface area contributed by atoms with Crippen LogP contribution in [-0.4, -0.2) is 14.2 Å². The minimum Gasteiger partial charge on any atom is -0.497 e. The molecule has 2 aromatic carbocycles. The van der Waals surface area contributed by atoms with Crippen LogP contribution >= 0.6 is 0 Å². The molecule has 0 atom stereocenters. The van der Waals surface area contributed by atoms with Crippen LogP contribution in [0.4, 0.5) is 0 Å². The molecule has 0 saturated carbocycles. The Balaban J connectivity index is 2.47. The lowest BCUT2D eigenvalue weighted by atomic mass is 9.93. The highest BCUT2D eigenvalue weighted by Gasteiger charge is 2.10. The number of aryl methyl sites for hydroxylation is 2. The van der Waals surface area contributed by atoms with E-state index < -0.39 is 0 Å². The monoisotopic (exact) mass is 284 g/mol. The summed E-state index contributed by atoms with van der Waals surface area (Å²) in [6, 6.07) is 8.44. The van der Waals surface area contributed by atoms with E-state index >= 15 is 0 Å². The van der Waals surface area contributed by atoms with Crippen LogP contribution < -0.4 is 9.47 Å². The molecule has 0 amide bonds. The minimum absolute atomic E-state index is 0.897. The molecule has 0 heterocycles. The maximum atomic E-state index is 5.40. The molecule has 0 unspecified atom stereocenters. The van der Waals surface area contributed by atoms with Crippen molar-refractivity contribution in [3.63, 3.8) is 0 Å². The molecule has 0 aliphatic rings. The SMILES string of the molecule is COc1cc(C)c(C)c(Cc2cc(OC)cc(C)c2C)c1. The van der Waals surface area contributed by atoms with Crippen LogP contribution in [0.15, 0.2) is 24.3 Å². The lowest BCUT2D eigenvalue weighted by Gasteiger charge is -2.15. The van der Waals surface area contributed by atoms with E-state index in [1.807, 2.05) is 0 Å². The smallest absolute Gasteiger partial charge is 0.119 e. The van der Waals surface area contributed by atoms with Gasteiger partial charge in [-0.05, 0) is 91.8 Å². The molecule has 0 aliphatic heterocycles. The highest BCUT2D eigenvalue weighted by Crippen LogP contribution is 2.28. The molecule has 112 valence electrons. The molecular weight excluding hydrogens is 260 g/mol. The van der Waals surface area contributed by atoms with Crippen molar-refractivity contribution < 1.29 is 9.47 Å². The van der Waals surface area contributed by atoms with Crippen molar-refractivity contribution in [3.05, 3.63) is 57.6 Å². The molecule has 0 N–H and O–H groups in total. The van der Waals surface area contributed by atoms with Gasteiger partial charge in [-0.3, -0.25) is 0 Å². The standard InChI is InChI=1S/C19H24O2/c1-12-7-18(20-5)10-16(14(12)3)9-17-11-19(21-6)8-13(2)15(17)4/h7-8,10-11H,9H2,1-6H3. The van der Waals surface area contributed by atoms with E-state index in [1.54, 1.807) is 14.2 Å². The summed E-state index contributed by atoms with van der Waals surface area (Å²) in [4.78, 5) is 0. The van der Waals surface area contributed by atoms with E-state index in [-0.39, 0.29) is 0 Å². The summed E-state index contributed by atoms with van der Waals surface area (Å²) in [5, 5.41) is 0. The zero-order valence-electron chi connectivity index (χ0n) is 13.8. The van der Waals surface area contributed by atoms with Gasteiger partial charge in [0.05, 0.1) is 14.2 Å². The van der Waals surface area contributed by atoms with Gasteiger partial charge in [-0.2, -0.15) is 0 Å². The van der Waals surface area contributed by atoms with Crippen molar-refractivity contribution in [1.29, 1.82) is 0 Å². The Morgan fingerprint density at radius 2 is 1.05 bits per heavy atom. The second kappa shape index (κ2) is 6.21. The highest BCUT2D eigenvalue weighted by atomic mass is 16.5. The number of rotatable bonds is 4. The highest BCUT2D eigenvalue weighted by molar-refractivity contribution is 5.47. The van der Waals surface area contributed by atoms with Crippen LogP contribution in [0.1, 0.15) is 33.4 Å². The van der Waals surface area contributed by atoms with Gasteiger partial charge >= 0.3 is 0 Å². The van der Waals surface area contributed by atoms with E-state index in [0.29, 0.717) is 0 Å². The Kier molecular flexibility index (Phi) is 4.56. The van der Waals surface area contributed by atoms with Gasteiger partial charge in [0, 0.05) is 0 Å². The average Bonchev–Trinajstić information content (AvgIpc) is 2.47. The molecule has 0 bridgehead atoms. The van der Waals surface area contributed by atoms with Crippen LogP contribution in [0, 0.1) is 27.7 Å². The Labute approximate surface area is 127 Å². The first-order chi connectivity index (χ1) is 9.96. The number of benzene rings is 2. The number of methoxy groups -OCH3 is 2. The molecule has 2 heteroatoms. The van der Waals surface area contributed by atoms with Crippen LogP contribution in [0.2, 0.25) is 0 Å². The fraction of sp³-hybridized carbons (Fsp3) is 0.368. The van der Waals surface area contributed by atoms with Gasteiger partial charge in [0.25, 0.3) is 0 Å². The second-order valence-electron chi connectivity index (χ2n) is 5.63. The first-order valence-electron chi connectivity index (χ1n) is 7.24. The second-order valence-corrected chi connectivity index (χ2v) is 5.63. The van der Waals surface area contributed by atoms with E-state index in [9.17, 15) is 0 Å². The first-order valence-corrected chi connectivity index (χ1v) is 7.24. The van der Waals surface area contributed by atoms with Gasteiger partial charge in [-0.25, -0.2) is 0 Å². The summed E-state index contributed by atoms with van der Waals surface area (Å²) in [5.41, 5.74) is 7.81. The molecular formula is C19H24O2. The van der Waals surface area contributed by atoms with E-state index in [2.05, 4.69) is 52.0 Å². The summed E-state index contributed by atoms with van der Waals surface area (Å²) in [5.74, 6) is 1.84. The summed E-state index contributed by atoms with van der Waals surface area (Å²) < 4.78 is 10.8. The third-order valence-corrected chi connectivity index (χ3v) is 4.35. The fourth-order valence-electron chi connectivity index (χ4n) is 2.60. The minimum atomic E-state index is 0.897. The van der Waals surface area contributed by atoms with Gasteiger partial charge < -0.3 is 9.47 Å². The third kappa shape index (κ3) is 3.21. The van der Waals surface area contributed by atoms with Gasteiger partial charge in [0.1, 0.15) is 11.5 Å². The van der Waals surface area contributed by atoms with Gasteiger partial charge in [0.15, 0.2) is 0 Å². The van der Waals surface area contributed by atoms with Crippen molar-refractivity contribution in [3.8, 4) is 11.5 Å². The molecule has 2 rings (SSSR count). The Morgan fingerprint density at radius 1 is 0.667 bits per heavy atom. The van der Waals surface area contributed by atoms with Crippen molar-refractivity contribution in [2.45, 2.75) is 34.1 Å².